The highest BCUT2D eigenvalue weighted by Gasteiger charge is 2.18. The van der Waals surface area contributed by atoms with Crippen LogP contribution in [0, 0.1) is 3.57 Å². The van der Waals surface area contributed by atoms with Gasteiger partial charge in [-0.2, -0.15) is 0 Å². The maximum atomic E-state index is 12.6. The maximum Gasteiger partial charge on any atom is 0.196 e. The fourth-order valence-corrected chi connectivity index (χ4v) is 2.87. The Morgan fingerprint density at radius 2 is 2.00 bits per heavy atom. The van der Waals surface area contributed by atoms with Gasteiger partial charge in [0.1, 0.15) is 5.65 Å². The summed E-state index contributed by atoms with van der Waals surface area (Å²) in [4.78, 5) is 19.7. The van der Waals surface area contributed by atoms with Gasteiger partial charge in [-0.05, 0) is 40.8 Å². The van der Waals surface area contributed by atoms with Gasteiger partial charge in [-0.15, -0.1) is 0 Å². The summed E-state index contributed by atoms with van der Waals surface area (Å²) >= 11 is 8.31. The minimum absolute atomic E-state index is 0.0499. The van der Waals surface area contributed by atoms with Crippen molar-refractivity contribution >= 4 is 51.0 Å². The first-order valence-corrected chi connectivity index (χ1v) is 7.05. The smallest absolute Gasteiger partial charge is 0.196 e. The number of rotatable bonds is 2. The fraction of sp³-hybridized carbons (Fsp3) is 0. The van der Waals surface area contributed by atoms with Crippen LogP contribution in [0.15, 0.2) is 42.7 Å². The summed E-state index contributed by atoms with van der Waals surface area (Å²) in [6.45, 7) is 0. The second-order valence-corrected chi connectivity index (χ2v) is 5.60. The van der Waals surface area contributed by atoms with E-state index in [2.05, 4.69) is 32.6 Å². The first-order valence-electron chi connectivity index (χ1n) is 5.59. The number of benzene rings is 1. The van der Waals surface area contributed by atoms with Crippen molar-refractivity contribution in [1.82, 2.24) is 9.97 Å². The summed E-state index contributed by atoms with van der Waals surface area (Å²) in [5.41, 5.74) is 1.85. The molecule has 3 aromatic rings. The topological polar surface area (TPSA) is 45.8 Å². The monoisotopic (exact) mass is 382 g/mol. The largest absolute Gasteiger partial charge is 0.345 e. The van der Waals surface area contributed by atoms with Gasteiger partial charge in [0.2, 0.25) is 0 Å². The summed E-state index contributed by atoms with van der Waals surface area (Å²) in [5, 5.41) is 1.20. The summed E-state index contributed by atoms with van der Waals surface area (Å²) in [6, 6.07) is 9.16. The van der Waals surface area contributed by atoms with Gasteiger partial charge in [0.25, 0.3) is 0 Å². The molecule has 5 heteroatoms. The van der Waals surface area contributed by atoms with Gasteiger partial charge in [-0.25, -0.2) is 4.98 Å². The van der Waals surface area contributed by atoms with Gasteiger partial charge < -0.3 is 4.98 Å². The highest BCUT2D eigenvalue weighted by molar-refractivity contribution is 14.1. The van der Waals surface area contributed by atoms with E-state index in [9.17, 15) is 4.79 Å². The third-order valence-electron chi connectivity index (χ3n) is 2.89. The van der Waals surface area contributed by atoms with E-state index >= 15 is 0 Å². The molecule has 0 saturated heterocycles. The molecule has 0 bridgehead atoms. The van der Waals surface area contributed by atoms with Crippen molar-refractivity contribution in [3.8, 4) is 0 Å². The van der Waals surface area contributed by atoms with Crippen molar-refractivity contribution in [2.75, 3.05) is 0 Å². The lowest BCUT2D eigenvalue weighted by Gasteiger charge is -2.03. The van der Waals surface area contributed by atoms with Crippen LogP contribution in [-0.4, -0.2) is 15.8 Å². The number of nitrogens with one attached hydrogen (secondary N) is 1. The predicted octanol–water partition coefficient (Wildman–Crippen LogP) is 4.05. The number of hydrogen-bond donors (Lipinski definition) is 1. The molecule has 2 aromatic heterocycles. The number of nitrogens with zero attached hydrogens (tertiary/aromatic N) is 1. The quantitative estimate of drug-likeness (QED) is 0.537. The molecule has 94 valence electrons. The number of aromatic nitrogens is 2. The highest BCUT2D eigenvalue weighted by Crippen LogP contribution is 2.27. The SMILES string of the molecule is O=C(c1ccccc1I)c1c[nH]c2nccc(Cl)c12. The fourth-order valence-electron chi connectivity index (χ4n) is 1.99. The zero-order chi connectivity index (χ0) is 13.4. The highest BCUT2D eigenvalue weighted by atomic mass is 127. The number of carbonyl (C=O) groups excluding carboxylic acids is 1. The summed E-state index contributed by atoms with van der Waals surface area (Å²) in [5.74, 6) is -0.0499. The first kappa shape index (κ1) is 12.6. The Hall–Kier alpha value is -1.40. The maximum absolute atomic E-state index is 12.6. The molecule has 1 aromatic carbocycles. The van der Waals surface area contributed by atoms with Crippen LogP contribution >= 0.6 is 34.2 Å². The Bertz CT molecular complexity index is 782. The summed E-state index contributed by atoms with van der Waals surface area (Å²) < 4.78 is 0.916. The van der Waals surface area contributed by atoms with E-state index in [-0.39, 0.29) is 5.78 Å². The molecular formula is C14H8ClIN2O. The van der Waals surface area contributed by atoms with Gasteiger partial charge in [-0.3, -0.25) is 4.79 Å². The van der Waals surface area contributed by atoms with Crippen LogP contribution in [0.4, 0.5) is 0 Å². The molecule has 19 heavy (non-hydrogen) atoms. The Morgan fingerprint density at radius 1 is 1.21 bits per heavy atom. The standard InChI is InChI=1S/C14H8ClIN2O/c15-10-5-6-17-14-12(10)9(7-18-14)13(19)8-3-1-2-4-11(8)16/h1-7H,(H,17,18). The van der Waals surface area contributed by atoms with Gasteiger partial charge in [0.05, 0.1) is 10.6 Å². The molecule has 3 nitrogen and oxygen atoms in total. The van der Waals surface area contributed by atoms with Crippen molar-refractivity contribution in [1.29, 1.82) is 0 Å². The predicted molar refractivity (Wildman–Crippen MR) is 83.7 cm³/mol. The van der Waals surface area contributed by atoms with Gasteiger partial charge in [0.15, 0.2) is 5.78 Å². The lowest BCUT2D eigenvalue weighted by molar-refractivity contribution is 0.103. The molecule has 3 rings (SSSR count). The van der Waals surface area contributed by atoms with Crippen molar-refractivity contribution < 1.29 is 4.79 Å². The minimum atomic E-state index is -0.0499. The molecule has 0 aliphatic heterocycles. The van der Waals surface area contributed by atoms with Crippen molar-refractivity contribution in [2.45, 2.75) is 0 Å². The zero-order valence-corrected chi connectivity index (χ0v) is 12.6. The second kappa shape index (κ2) is 4.94. The Balaban J connectivity index is 2.21. The number of ketones is 1. The molecule has 0 spiro atoms. The third-order valence-corrected chi connectivity index (χ3v) is 4.14. The van der Waals surface area contributed by atoms with E-state index in [1.807, 2.05) is 24.3 Å². The molecule has 0 radical (unpaired) electrons. The minimum Gasteiger partial charge on any atom is -0.345 e. The number of carbonyl (C=O) groups is 1. The first-order chi connectivity index (χ1) is 9.18. The van der Waals surface area contributed by atoms with Crippen molar-refractivity contribution in [3.63, 3.8) is 0 Å². The van der Waals surface area contributed by atoms with Gasteiger partial charge in [0, 0.05) is 26.9 Å². The van der Waals surface area contributed by atoms with Gasteiger partial charge in [-0.1, -0.05) is 23.7 Å². The van der Waals surface area contributed by atoms with Crippen LogP contribution in [-0.2, 0) is 0 Å². The lowest BCUT2D eigenvalue weighted by Crippen LogP contribution is -2.02. The molecule has 0 aliphatic rings. The van der Waals surface area contributed by atoms with E-state index < -0.39 is 0 Å². The zero-order valence-electron chi connectivity index (χ0n) is 9.65. The van der Waals surface area contributed by atoms with E-state index in [4.69, 9.17) is 11.6 Å². The van der Waals surface area contributed by atoms with Crippen molar-refractivity contribution in [3.05, 3.63) is 62.4 Å². The van der Waals surface area contributed by atoms with Crippen LogP contribution < -0.4 is 0 Å². The van der Waals surface area contributed by atoms with E-state index in [1.54, 1.807) is 18.5 Å². The number of pyridine rings is 1. The van der Waals surface area contributed by atoms with E-state index in [0.29, 0.717) is 27.2 Å². The molecular weight excluding hydrogens is 375 g/mol. The molecule has 0 fully saturated rings. The Morgan fingerprint density at radius 3 is 2.79 bits per heavy atom. The van der Waals surface area contributed by atoms with Crippen LogP contribution in [0.3, 0.4) is 0 Å². The molecule has 2 heterocycles. The summed E-state index contributed by atoms with van der Waals surface area (Å²) in [7, 11) is 0. The molecule has 0 aliphatic carbocycles. The Labute approximate surface area is 128 Å². The van der Waals surface area contributed by atoms with Crippen molar-refractivity contribution in [2.24, 2.45) is 0 Å². The number of aromatic amines is 1. The van der Waals surface area contributed by atoms with Crippen LogP contribution in [0.25, 0.3) is 11.0 Å². The number of hydrogen-bond acceptors (Lipinski definition) is 2. The number of fused-ring (bicyclic) bond motifs is 1. The lowest BCUT2D eigenvalue weighted by atomic mass is 10.0. The molecule has 0 amide bonds. The van der Waals surface area contributed by atoms with E-state index in [1.165, 1.54) is 0 Å². The molecule has 1 N–H and O–H groups in total. The Kier molecular flexibility index (Phi) is 3.28. The number of H-pyrrole nitrogens is 1. The molecule has 0 unspecified atom stereocenters. The average Bonchev–Trinajstić information content (AvgIpc) is 2.84. The van der Waals surface area contributed by atoms with E-state index in [0.717, 1.165) is 3.57 Å². The molecule has 0 saturated carbocycles. The second-order valence-electron chi connectivity index (χ2n) is 4.03. The molecule has 0 atom stereocenters. The third kappa shape index (κ3) is 2.15. The normalized spacial score (nSPS) is 10.8. The van der Waals surface area contributed by atoms with Crippen LogP contribution in [0.5, 0.6) is 0 Å². The number of halogens is 2. The van der Waals surface area contributed by atoms with Crippen LogP contribution in [0.2, 0.25) is 5.02 Å². The van der Waals surface area contributed by atoms with Crippen LogP contribution in [0.1, 0.15) is 15.9 Å². The summed E-state index contributed by atoms with van der Waals surface area (Å²) in [6.07, 6.45) is 3.27. The van der Waals surface area contributed by atoms with Gasteiger partial charge >= 0.3 is 0 Å². The average molecular weight is 383 g/mol.